The van der Waals surface area contributed by atoms with Crippen molar-refractivity contribution < 1.29 is 13.6 Å². The number of aliphatic imine (C=N–C) groups is 1. The predicted octanol–water partition coefficient (Wildman–Crippen LogP) is 2.03. The molecule has 1 aromatic rings. The average Bonchev–Trinajstić information content (AvgIpc) is 2.94. The molecule has 2 fully saturated rings. The summed E-state index contributed by atoms with van der Waals surface area (Å²) in [5.74, 6) is -0.138. The number of hydrogen-bond donors (Lipinski definition) is 2. The largest absolute Gasteiger partial charge is 0.357 e. The quantitative estimate of drug-likeness (QED) is 0.648. The molecule has 7 heteroatoms. The molecule has 2 saturated heterocycles. The Bertz CT molecular complexity index is 679. The zero-order valence-corrected chi connectivity index (χ0v) is 14.4. The maximum Gasteiger partial charge on any atom is 0.220 e. The molecule has 0 radical (unpaired) electrons. The highest BCUT2D eigenvalue weighted by Crippen LogP contribution is 2.36. The first kappa shape index (κ1) is 17.6. The maximum atomic E-state index is 13.8. The van der Waals surface area contributed by atoms with E-state index in [0.29, 0.717) is 25.5 Å². The van der Waals surface area contributed by atoms with Crippen molar-refractivity contribution in [1.82, 2.24) is 15.5 Å². The minimum Gasteiger partial charge on any atom is -0.357 e. The number of benzene rings is 1. The number of amides is 1. The van der Waals surface area contributed by atoms with Gasteiger partial charge in [-0.1, -0.05) is 0 Å². The van der Waals surface area contributed by atoms with Gasteiger partial charge in [-0.05, 0) is 38.0 Å². The topological polar surface area (TPSA) is 56.7 Å². The van der Waals surface area contributed by atoms with Gasteiger partial charge in [-0.25, -0.2) is 13.8 Å². The van der Waals surface area contributed by atoms with Gasteiger partial charge in [0.1, 0.15) is 11.6 Å². The number of carbonyl (C=O) groups excluding carboxylic acids is 1. The van der Waals surface area contributed by atoms with Gasteiger partial charge in [0.2, 0.25) is 5.91 Å². The number of rotatable bonds is 3. The Labute approximate surface area is 146 Å². The van der Waals surface area contributed by atoms with Crippen molar-refractivity contribution >= 4 is 11.9 Å². The van der Waals surface area contributed by atoms with Gasteiger partial charge < -0.3 is 15.5 Å². The third-order valence-corrected chi connectivity index (χ3v) is 4.90. The highest BCUT2D eigenvalue weighted by Gasteiger charge is 2.42. The third-order valence-electron chi connectivity index (χ3n) is 4.90. The summed E-state index contributed by atoms with van der Waals surface area (Å²) >= 11 is 0. The van der Waals surface area contributed by atoms with Gasteiger partial charge in [0.15, 0.2) is 5.96 Å². The standard InChI is InChI=1S/C18H24F2N4O/c1-2-21-17(22-10-13-8-14(19)4-5-15(13)20)24-7-3-6-18(12-24)9-16(25)23-11-18/h4-5,8H,2-3,6-7,9-12H2,1H3,(H,21,22)(H,23,25). The van der Waals surface area contributed by atoms with E-state index in [0.717, 1.165) is 38.1 Å². The van der Waals surface area contributed by atoms with E-state index in [9.17, 15) is 13.6 Å². The molecule has 2 heterocycles. The highest BCUT2D eigenvalue weighted by molar-refractivity contribution is 5.81. The van der Waals surface area contributed by atoms with E-state index in [1.165, 1.54) is 6.07 Å². The Hall–Kier alpha value is -2.18. The van der Waals surface area contributed by atoms with E-state index in [2.05, 4.69) is 20.5 Å². The Morgan fingerprint density at radius 1 is 1.44 bits per heavy atom. The average molecular weight is 350 g/mol. The van der Waals surface area contributed by atoms with Crippen molar-refractivity contribution in [2.24, 2.45) is 10.4 Å². The monoisotopic (exact) mass is 350 g/mol. The molecule has 1 spiro atoms. The number of guanidine groups is 1. The molecule has 0 aromatic heterocycles. The minimum absolute atomic E-state index is 0.0460. The second kappa shape index (κ2) is 7.37. The van der Waals surface area contributed by atoms with Crippen LogP contribution in [0.25, 0.3) is 0 Å². The molecule has 25 heavy (non-hydrogen) atoms. The lowest BCUT2D eigenvalue weighted by atomic mass is 9.79. The van der Waals surface area contributed by atoms with E-state index in [-0.39, 0.29) is 23.4 Å². The van der Waals surface area contributed by atoms with E-state index < -0.39 is 11.6 Å². The van der Waals surface area contributed by atoms with Gasteiger partial charge in [-0.3, -0.25) is 4.79 Å². The van der Waals surface area contributed by atoms with Crippen LogP contribution >= 0.6 is 0 Å². The predicted molar refractivity (Wildman–Crippen MR) is 92.0 cm³/mol. The molecule has 5 nitrogen and oxygen atoms in total. The van der Waals surface area contributed by atoms with Crippen LogP contribution in [0.15, 0.2) is 23.2 Å². The van der Waals surface area contributed by atoms with E-state index >= 15 is 0 Å². The van der Waals surface area contributed by atoms with Gasteiger partial charge in [0.05, 0.1) is 6.54 Å². The second-order valence-electron chi connectivity index (χ2n) is 6.88. The number of nitrogens with one attached hydrogen (secondary N) is 2. The highest BCUT2D eigenvalue weighted by atomic mass is 19.1. The summed E-state index contributed by atoms with van der Waals surface area (Å²) in [7, 11) is 0. The summed E-state index contributed by atoms with van der Waals surface area (Å²) in [5.41, 5.74) is 0.190. The fourth-order valence-corrected chi connectivity index (χ4v) is 3.68. The van der Waals surface area contributed by atoms with E-state index in [1.807, 2.05) is 6.92 Å². The van der Waals surface area contributed by atoms with Crippen LogP contribution in [0.2, 0.25) is 0 Å². The first-order valence-corrected chi connectivity index (χ1v) is 8.75. The maximum absolute atomic E-state index is 13.8. The van der Waals surface area contributed by atoms with Crippen LogP contribution in [0.3, 0.4) is 0 Å². The fraction of sp³-hybridized carbons (Fsp3) is 0.556. The van der Waals surface area contributed by atoms with Crippen molar-refractivity contribution in [2.45, 2.75) is 32.7 Å². The zero-order valence-electron chi connectivity index (χ0n) is 14.4. The Balaban J connectivity index is 1.75. The summed E-state index contributed by atoms with van der Waals surface area (Å²) < 4.78 is 27.1. The van der Waals surface area contributed by atoms with E-state index in [4.69, 9.17) is 0 Å². The van der Waals surface area contributed by atoms with Crippen molar-refractivity contribution in [3.8, 4) is 0 Å². The smallest absolute Gasteiger partial charge is 0.220 e. The number of piperidine rings is 1. The number of carbonyl (C=O) groups is 1. The van der Waals surface area contributed by atoms with Gasteiger partial charge in [-0.15, -0.1) is 0 Å². The Morgan fingerprint density at radius 3 is 3.00 bits per heavy atom. The molecule has 136 valence electrons. The SMILES string of the molecule is CCNC(=NCc1cc(F)ccc1F)N1CCCC2(CNC(=O)C2)C1. The van der Waals surface area contributed by atoms with Crippen molar-refractivity contribution in [2.75, 3.05) is 26.2 Å². The van der Waals surface area contributed by atoms with Crippen molar-refractivity contribution in [1.29, 1.82) is 0 Å². The Kier molecular flexibility index (Phi) is 5.20. The first-order chi connectivity index (χ1) is 12.0. The van der Waals surface area contributed by atoms with Crippen LogP contribution in [-0.4, -0.2) is 42.9 Å². The molecular formula is C18H24F2N4O. The molecule has 0 saturated carbocycles. The van der Waals surface area contributed by atoms with Gasteiger partial charge in [-0.2, -0.15) is 0 Å². The fourth-order valence-electron chi connectivity index (χ4n) is 3.68. The van der Waals surface area contributed by atoms with E-state index in [1.54, 1.807) is 0 Å². The number of hydrogen-bond acceptors (Lipinski definition) is 2. The van der Waals surface area contributed by atoms with Crippen LogP contribution in [0.1, 0.15) is 31.7 Å². The van der Waals surface area contributed by atoms with Crippen LogP contribution < -0.4 is 10.6 Å². The number of nitrogens with zero attached hydrogens (tertiary/aromatic N) is 2. The Morgan fingerprint density at radius 2 is 2.28 bits per heavy atom. The summed E-state index contributed by atoms with van der Waals surface area (Å²) in [6, 6.07) is 3.41. The summed E-state index contributed by atoms with van der Waals surface area (Å²) in [4.78, 5) is 18.3. The first-order valence-electron chi connectivity index (χ1n) is 8.75. The van der Waals surface area contributed by atoms with Crippen molar-refractivity contribution in [3.63, 3.8) is 0 Å². The lowest BCUT2D eigenvalue weighted by Gasteiger charge is -2.40. The summed E-state index contributed by atoms with van der Waals surface area (Å²) in [6.07, 6.45) is 2.54. The summed E-state index contributed by atoms with van der Waals surface area (Å²) in [6.45, 7) is 5.01. The van der Waals surface area contributed by atoms with Crippen LogP contribution in [0.4, 0.5) is 8.78 Å². The molecule has 2 aliphatic rings. The second-order valence-corrected chi connectivity index (χ2v) is 6.88. The summed E-state index contributed by atoms with van der Waals surface area (Å²) in [5, 5.41) is 6.15. The van der Waals surface area contributed by atoms with Crippen LogP contribution in [-0.2, 0) is 11.3 Å². The molecule has 1 amide bonds. The number of halogens is 2. The molecule has 2 aliphatic heterocycles. The zero-order chi connectivity index (χ0) is 17.9. The normalized spacial score (nSPS) is 23.9. The van der Waals surface area contributed by atoms with Crippen molar-refractivity contribution in [3.05, 3.63) is 35.4 Å². The van der Waals surface area contributed by atoms with Crippen LogP contribution in [0.5, 0.6) is 0 Å². The molecule has 2 N–H and O–H groups in total. The molecule has 0 bridgehead atoms. The molecule has 1 unspecified atom stereocenters. The molecule has 0 aliphatic carbocycles. The minimum atomic E-state index is -0.468. The molecule has 3 rings (SSSR count). The third kappa shape index (κ3) is 4.08. The lowest BCUT2D eigenvalue weighted by Crippen LogP contribution is -2.51. The van der Waals surface area contributed by atoms with Gasteiger partial charge in [0, 0.05) is 43.6 Å². The van der Waals surface area contributed by atoms with Gasteiger partial charge in [0.25, 0.3) is 0 Å². The lowest BCUT2D eigenvalue weighted by molar-refractivity contribution is -0.119. The molecular weight excluding hydrogens is 326 g/mol. The molecule has 1 atom stereocenters. The number of likely N-dealkylation sites (tertiary alicyclic amines) is 1. The van der Waals surface area contributed by atoms with Gasteiger partial charge >= 0.3 is 0 Å². The van der Waals surface area contributed by atoms with Crippen LogP contribution in [0, 0.1) is 17.0 Å². The molecule has 1 aromatic carbocycles.